The Bertz CT molecular complexity index is 823. The first kappa shape index (κ1) is 19.2. The third-order valence-corrected chi connectivity index (χ3v) is 5.04. The zero-order valence-corrected chi connectivity index (χ0v) is 16.3. The van der Waals surface area contributed by atoms with Crippen molar-refractivity contribution >= 4 is 45.9 Å². The number of alkyl halides is 3. The molecular formula is C17H14ClF3IN3O. The predicted molar refractivity (Wildman–Crippen MR) is 102 cm³/mol. The number of piperazine rings is 1. The Morgan fingerprint density at radius 1 is 1.15 bits per heavy atom. The highest BCUT2D eigenvalue weighted by atomic mass is 127. The topological polar surface area (TPSA) is 36.4 Å². The van der Waals surface area contributed by atoms with Crippen LogP contribution in [0.25, 0.3) is 0 Å². The fraction of sp³-hybridized carbons (Fsp3) is 0.294. The molecule has 1 amide bonds. The summed E-state index contributed by atoms with van der Waals surface area (Å²) in [5.41, 5.74) is -0.255. The van der Waals surface area contributed by atoms with Crippen molar-refractivity contribution in [1.29, 1.82) is 0 Å². The van der Waals surface area contributed by atoms with E-state index in [-0.39, 0.29) is 10.9 Å². The van der Waals surface area contributed by atoms with Gasteiger partial charge in [-0.15, -0.1) is 0 Å². The summed E-state index contributed by atoms with van der Waals surface area (Å²) in [7, 11) is 0. The second kappa shape index (κ2) is 7.59. The van der Waals surface area contributed by atoms with Gasteiger partial charge in [0.1, 0.15) is 5.82 Å². The number of pyridine rings is 1. The molecule has 1 aliphatic heterocycles. The van der Waals surface area contributed by atoms with E-state index in [4.69, 9.17) is 11.6 Å². The van der Waals surface area contributed by atoms with Crippen molar-refractivity contribution in [2.75, 3.05) is 31.1 Å². The lowest BCUT2D eigenvalue weighted by molar-refractivity contribution is -0.137. The highest BCUT2D eigenvalue weighted by Crippen LogP contribution is 2.33. The molecule has 3 rings (SSSR count). The summed E-state index contributed by atoms with van der Waals surface area (Å²) in [5.74, 6) is 0.246. The molecule has 1 aromatic heterocycles. The number of rotatable bonds is 2. The van der Waals surface area contributed by atoms with E-state index in [0.717, 1.165) is 15.8 Å². The number of hydrogen-bond donors (Lipinski definition) is 0. The molecule has 0 spiro atoms. The number of aromatic nitrogens is 1. The van der Waals surface area contributed by atoms with E-state index in [2.05, 4.69) is 27.6 Å². The van der Waals surface area contributed by atoms with Crippen LogP contribution in [0.5, 0.6) is 0 Å². The van der Waals surface area contributed by atoms with Crippen LogP contribution in [-0.4, -0.2) is 42.0 Å². The van der Waals surface area contributed by atoms with Gasteiger partial charge >= 0.3 is 6.18 Å². The van der Waals surface area contributed by atoms with Gasteiger partial charge in [-0.1, -0.05) is 17.7 Å². The van der Waals surface area contributed by atoms with E-state index in [0.29, 0.717) is 37.6 Å². The Hall–Kier alpha value is -1.55. The molecule has 0 unspecified atom stereocenters. The molecule has 1 fully saturated rings. The van der Waals surface area contributed by atoms with Gasteiger partial charge in [-0.05, 0) is 46.9 Å². The van der Waals surface area contributed by atoms with Crippen LogP contribution in [0.1, 0.15) is 15.9 Å². The molecule has 0 atom stereocenters. The smallest absolute Gasteiger partial charge is 0.352 e. The van der Waals surface area contributed by atoms with Crippen molar-refractivity contribution in [2.45, 2.75) is 6.18 Å². The molecule has 138 valence electrons. The minimum Gasteiger partial charge on any atom is -0.352 e. The first-order valence-electron chi connectivity index (χ1n) is 7.78. The minimum atomic E-state index is -4.48. The molecule has 4 nitrogen and oxygen atoms in total. The van der Waals surface area contributed by atoms with E-state index >= 15 is 0 Å². The highest BCUT2D eigenvalue weighted by molar-refractivity contribution is 14.1. The van der Waals surface area contributed by atoms with Crippen LogP contribution in [0.3, 0.4) is 0 Å². The van der Waals surface area contributed by atoms with Gasteiger partial charge in [0.15, 0.2) is 0 Å². The van der Waals surface area contributed by atoms with E-state index in [1.54, 1.807) is 15.9 Å². The van der Waals surface area contributed by atoms with Crippen LogP contribution in [-0.2, 0) is 6.18 Å². The molecule has 1 aliphatic rings. The predicted octanol–water partition coefficient (Wildman–Crippen LogP) is 4.32. The quantitative estimate of drug-likeness (QED) is 0.583. The van der Waals surface area contributed by atoms with Crippen LogP contribution < -0.4 is 4.90 Å². The van der Waals surface area contributed by atoms with E-state index in [9.17, 15) is 18.0 Å². The number of benzene rings is 1. The second-order valence-electron chi connectivity index (χ2n) is 5.82. The van der Waals surface area contributed by atoms with Crippen LogP contribution in [0, 0.1) is 3.57 Å². The molecule has 26 heavy (non-hydrogen) atoms. The van der Waals surface area contributed by atoms with Gasteiger partial charge in [0.05, 0.1) is 10.6 Å². The fourth-order valence-electron chi connectivity index (χ4n) is 2.74. The largest absolute Gasteiger partial charge is 0.417 e. The van der Waals surface area contributed by atoms with Gasteiger partial charge in [-0.3, -0.25) is 4.79 Å². The summed E-state index contributed by atoms with van der Waals surface area (Å²) in [5, 5.41) is -0.0442. The monoisotopic (exact) mass is 495 g/mol. The van der Waals surface area contributed by atoms with Crippen molar-refractivity contribution in [3.05, 3.63) is 56.2 Å². The van der Waals surface area contributed by atoms with Crippen molar-refractivity contribution in [3.63, 3.8) is 0 Å². The van der Waals surface area contributed by atoms with Gasteiger partial charge < -0.3 is 9.80 Å². The van der Waals surface area contributed by atoms with Gasteiger partial charge in [-0.25, -0.2) is 4.98 Å². The van der Waals surface area contributed by atoms with Crippen molar-refractivity contribution in [1.82, 2.24) is 9.88 Å². The van der Waals surface area contributed by atoms with Crippen LogP contribution in [0.15, 0.2) is 36.5 Å². The molecule has 0 N–H and O–H groups in total. The molecular weight excluding hydrogens is 482 g/mol. The van der Waals surface area contributed by atoms with E-state index < -0.39 is 11.7 Å². The standard InChI is InChI=1S/C17H14ClF3IN3O/c18-14-9-12(17(19,20)21)10-23-15(14)24-4-6-25(7-5-24)16(26)11-2-1-3-13(22)8-11/h1-3,8-10H,4-7H2. The number of amides is 1. The number of hydrogen-bond acceptors (Lipinski definition) is 3. The highest BCUT2D eigenvalue weighted by Gasteiger charge is 2.32. The third kappa shape index (κ3) is 4.22. The Kier molecular flexibility index (Phi) is 5.61. The zero-order chi connectivity index (χ0) is 18.9. The number of carbonyl (C=O) groups is 1. The first-order chi connectivity index (χ1) is 12.3. The van der Waals surface area contributed by atoms with Gasteiger partial charge in [0.25, 0.3) is 5.91 Å². The second-order valence-corrected chi connectivity index (χ2v) is 7.47. The van der Waals surface area contributed by atoms with E-state index in [1.165, 1.54) is 0 Å². The SMILES string of the molecule is O=C(c1cccc(I)c1)N1CCN(c2ncc(C(F)(F)F)cc2Cl)CC1. The molecule has 2 heterocycles. The fourth-order valence-corrected chi connectivity index (χ4v) is 3.57. The molecule has 1 saturated heterocycles. The minimum absolute atomic E-state index is 0.0442. The van der Waals surface area contributed by atoms with Crippen molar-refractivity contribution in [2.24, 2.45) is 0 Å². The Labute approximate surface area is 167 Å². The van der Waals surface area contributed by atoms with Crippen LogP contribution in [0.4, 0.5) is 19.0 Å². The number of halogens is 5. The summed E-state index contributed by atoms with van der Waals surface area (Å²) in [6, 6.07) is 8.22. The summed E-state index contributed by atoms with van der Waals surface area (Å²) in [4.78, 5) is 19.9. The molecule has 0 saturated carbocycles. The van der Waals surface area contributed by atoms with Crippen LogP contribution >= 0.6 is 34.2 Å². The average Bonchev–Trinajstić information content (AvgIpc) is 2.60. The number of carbonyl (C=O) groups excluding carboxylic acids is 1. The Balaban J connectivity index is 1.68. The number of nitrogens with zero attached hydrogens (tertiary/aromatic N) is 3. The average molecular weight is 496 g/mol. The van der Waals surface area contributed by atoms with Crippen molar-refractivity contribution in [3.8, 4) is 0 Å². The van der Waals surface area contributed by atoms with Gasteiger partial charge in [-0.2, -0.15) is 13.2 Å². The van der Waals surface area contributed by atoms with Gasteiger partial charge in [0.2, 0.25) is 0 Å². The molecule has 2 aromatic rings. The summed E-state index contributed by atoms with van der Waals surface area (Å²) in [6.07, 6.45) is -3.70. The lowest BCUT2D eigenvalue weighted by Crippen LogP contribution is -2.49. The first-order valence-corrected chi connectivity index (χ1v) is 9.24. The lowest BCUT2D eigenvalue weighted by atomic mass is 10.2. The lowest BCUT2D eigenvalue weighted by Gasteiger charge is -2.35. The molecule has 0 bridgehead atoms. The third-order valence-electron chi connectivity index (χ3n) is 4.09. The summed E-state index contributed by atoms with van der Waals surface area (Å²) in [6.45, 7) is 1.80. The van der Waals surface area contributed by atoms with Gasteiger partial charge in [0, 0.05) is 41.5 Å². The maximum Gasteiger partial charge on any atom is 0.417 e. The molecule has 1 aromatic carbocycles. The normalized spacial score (nSPS) is 15.3. The molecule has 9 heteroatoms. The maximum atomic E-state index is 12.7. The summed E-state index contributed by atoms with van der Waals surface area (Å²) < 4.78 is 39.1. The van der Waals surface area contributed by atoms with Crippen molar-refractivity contribution < 1.29 is 18.0 Å². The Morgan fingerprint density at radius 3 is 2.42 bits per heavy atom. The maximum absolute atomic E-state index is 12.7. The van der Waals surface area contributed by atoms with Crippen LogP contribution in [0.2, 0.25) is 5.02 Å². The Morgan fingerprint density at radius 2 is 1.85 bits per heavy atom. The number of anilines is 1. The molecule has 0 aliphatic carbocycles. The summed E-state index contributed by atoms with van der Waals surface area (Å²) >= 11 is 8.15. The van der Waals surface area contributed by atoms with E-state index in [1.807, 2.05) is 18.2 Å². The molecule has 0 radical (unpaired) electrons. The zero-order valence-electron chi connectivity index (χ0n) is 13.4.